The molecule has 2 fully saturated rings. The molecule has 0 spiro atoms. The number of hydrogen-bond acceptors (Lipinski definition) is 9. The number of rotatable bonds is 11. The summed E-state index contributed by atoms with van der Waals surface area (Å²) < 4.78 is 27.2. The molecule has 0 bridgehead atoms. The molecule has 3 rings (SSSR count). The van der Waals surface area contributed by atoms with E-state index in [1.165, 1.54) is 0 Å². The molecular formula is C36H62N4O8. The number of nitrogens with one attached hydrogen (secondary N) is 1. The highest BCUT2D eigenvalue weighted by atomic mass is 16.6. The lowest BCUT2D eigenvalue weighted by Gasteiger charge is -2.34. The quantitative estimate of drug-likeness (QED) is 0.271. The molecule has 0 aliphatic carbocycles. The van der Waals surface area contributed by atoms with E-state index < -0.39 is 23.4 Å². The van der Waals surface area contributed by atoms with E-state index in [2.05, 4.69) is 5.32 Å². The van der Waals surface area contributed by atoms with Crippen LogP contribution < -0.4 is 11.1 Å². The van der Waals surface area contributed by atoms with Crippen molar-refractivity contribution in [1.82, 2.24) is 15.1 Å². The number of amides is 3. The van der Waals surface area contributed by atoms with Gasteiger partial charge in [-0.3, -0.25) is 0 Å². The monoisotopic (exact) mass is 678 g/mol. The van der Waals surface area contributed by atoms with Gasteiger partial charge in [-0.2, -0.15) is 0 Å². The van der Waals surface area contributed by atoms with E-state index in [4.69, 9.17) is 29.4 Å². The van der Waals surface area contributed by atoms with Gasteiger partial charge in [0.2, 0.25) is 0 Å². The van der Waals surface area contributed by atoms with Crippen molar-refractivity contribution in [3.63, 3.8) is 0 Å². The number of hydrogen-bond donors (Lipinski definition) is 2. The Morgan fingerprint density at radius 3 is 1.75 bits per heavy atom. The summed E-state index contributed by atoms with van der Waals surface area (Å²) in [6.07, 6.45) is 4.71. The highest BCUT2D eigenvalue weighted by Gasteiger charge is 2.30. The van der Waals surface area contributed by atoms with Gasteiger partial charge >= 0.3 is 18.3 Å². The maximum atomic E-state index is 12.5. The second-order valence-electron chi connectivity index (χ2n) is 14.8. The molecule has 0 aromatic heterocycles. The third-order valence-corrected chi connectivity index (χ3v) is 8.15. The minimum absolute atomic E-state index is 0.0153. The first kappa shape index (κ1) is 41.1. The second-order valence-corrected chi connectivity index (χ2v) is 14.8. The number of nitrogens with two attached hydrogens (primary N) is 1. The van der Waals surface area contributed by atoms with Crippen LogP contribution in [-0.4, -0.2) is 105 Å². The van der Waals surface area contributed by atoms with E-state index in [0.717, 1.165) is 63.9 Å². The lowest BCUT2D eigenvalue weighted by Crippen LogP contribution is -2.48. The topological polar surface area (TPSA) is 142 Å². The Morgan fingerprint density at radius 1 is 0.833 bits per heavy atom. The van der Waals surface area contributed by atoms with Gasteiger partial charge in [-0.25, -0.2) is 14.4 Å². The Balaban J connectivity index is 0.000000365. The van der Waals surface area contributed by atoms with Gasteiger partial charge in [0.05, 0.1) is 6.04 Å². The molecule has 0 radical (unpaired) electrons. The first-order valence-corrected chi connectivity index (χ1v) is 17.3. The molecule has 2 heterocycles. The number of benzene rings is 1. The van der Waals surface area contributed by atoms with Gasteiger partial charge in [0.1, 0.15) is 17.8 Å². The SMILES string of the molecule is CN(C(=O)OC(C)(C)C)C(CN)C[C@H]1CCCOC1.CN(C(=O)OC(C)(C)C)C(CNC(=O)OCc1ccccc1)C[C@H]1CCCOC1. The molecule has 0 saturated carbocycles. The van der Waals surface area contributed by atoms with Crippen LogP contribution in [0.4, 0.5) is 14.4 Å². The van der Waals surface area contributed by atoms with E-state index in [-0.39, 0.29) is 24.8 Å². The van der Waals surface area contributed by atoms with E-state index in [1.54, 1.807) is 23.9 Å². The molecule has 48 heavy (non-hydrogen) atoms. The molecule has 3 amide bonds. The smallest absolute Gasteiger partial charge is 0.410 e. The standard InChI is InChI=1S/C22H34N2O5.C14H28N2O3/c1-22(2,3)29-21(26)24(4)19(13-18-11-8-12-27-15-18)14-23-20(25)28-16-17-9-6-5-7-10-17;1-14(2,3)19-13(17)16(4)12(9-15)8-11-6-5-7-18-10-11/h5-7,9-10,18-19H,8,11-16H2,1-4H3,(H,23,25);11-12H,5-10,15H2,1-4H3/t18-,19?;11-,12?/m11/s1. The third kappa shape index (κ3) is 16.8. The molecule has 2 unspecified atom stereocenters. The Morgan fingerprint density at radius 2 is 1.31 bits per heavy atom. The van der Waals surface area contributed by atoms with Gasteiger partial charge in [0.25, 0.3) is 0 Å². The minimum atomic E-state index is -0.577. The third-order valence-electron chi connectivity index (χ3n) is 8.15. The number of carbonyl (C=O) groups excluding carboxylic acids is 3. The molecule has 274 valence electrons. The molecule has 1 aromatic rings. The van der Waals surface area contributed by atoms with Crippen LogP contribution in [0.3, 0.4) is 0 Å². The Bertz CT molecular complexity index is 1080. The largest absolute Gasteiger partial charge is 0.445 e. The predicted octanol–water partition coefficient (Wildman–Crippen LogP) is 5.96. The minimum Gasteiger partial charge on any atom is -0.445 e. The predicted molar refractivity (Wildman–Crippen MR) is 186 cm³/mol. The fraction of sp³-hybridized carbons (Fsp3) is 0.750. The lowest BCUT2D eigenvalue weighted by atomic mass is 9.94. The van der Waals surface area contributed by atoms with E-state index in [9.17, 15) is 14.4 Å². The molecular weight excluding hydrogens is 616 g/mol. The summed E-state index contributed by atoms with van der Waals surface area (Å²) in [7, 11) is 3.47. The van der Waals surface area contributed by atoms with Crippen molar-refractivity contribution in [2.45, 2.75) is 110 Å². The molecule has 12 nitrogen and oxygen atoms in total. The van der Waals surface area contributed by atoms with Crippen LogP contribution in [0.1, 0.15) is 85.6 Å². The van der Waals surface area contributed by atoms with Crippen molar-refractivity contribution in [2.24, 2.45) is 17.6 Å². The fourth-order valence-corrected chi connectivity index (χ4v) is 5.49. The molecule has 2 aliphatic heterocycles. The van der Waals surface area contributed by atoms with Gasteiger partial charge in [0, 0.05) is 59.7 Å². The fourth-order valence-electron chi connectivity index (χ4n) is 5.49. The van der Waals surface area contributed by atoms with Crippen LogP contribution in [0.25, 0.3) is 0 Å². The van der Waals surface area contributed by atoms with E-state index in [0.29, 0.717) is 31.5 Å². The Hall–Kier alpha value is -3.09. The maximum Gasteiger partial charge on any atom is 0.410 e. The van der Waals surface area contributed by atoms with Crippen LogP contribution >= 0.6 is 0 Å². The van der Waals surface area contributed by atoms with Gasteiger partial charge in [0.15, 0.2) is 0 Å². The highest BCUT2D eigenvalue weighted by molar-refractivity contribution is 5.69. The van der Waals surface area contributed by atoms with Crippen molar-refractivity contribution in [3.8, 4) is 0 Å². The van der Waals surface area contributed by atoms with Crippen molar-refractivity contribution < 1.29 is 38.1 Å². The summed E-state index contributed by atoms with van der Waals surface area (Å²) in [5.74, 6) is 0.841. The van der Waals surface area contributed by atoms with Gasteiger partial charge in [-0.15, -0.1) is 0 Å². The summed E-state index contributed by atoms with van der Waals surface area (Å²) in [5, 5.41) is 2.79. The summed E-state index contributed by atoms with van der Waals surface area (Å²) in [6.45, 7) is 15.1. The van der Waals surface area contributed by atoms with Crippen LogP contribution in [0, 0.1) is 11.8 Å². The first-order chi connectivity index (χ1) is 22.6. The summed E-state index contributed by atoms with van der Waals surface area (Å²) in [6, 6.07) is 9.31. The summed E-state index contributed by atoms with van der Waals surface area (Å²) in [5.41, 5.74) is 5.67. The van der Waals surface area contributed by atoms with E-state index >= 15 is 0 Å². The zero-order valence-corrected chi connectivity index (χ0v) is 30.6. The van der Waals surface area contributed by atoms with Crippen LogP contribution in [-0.2, 0) is 30.3 Å². The molecule has 2 saturated heterocycles. The average molecular weight is 679 g/mol. The van der Waals surface area contributed by atoms with Crippen molar-refractivity contribution >= 4 is 18.3 Å². The maximum absolute atomic E-state index is 12.5. The van der Waals surface area contributed by atoms with Gasteiger partial charge < -0.3 is 44.5 Å². The van der Waals surface area contributed by atoms with Gasteiger partial charge in [-0.05, 0) is 97.5 Å². The molecule has 4 atom stereocenters. The van der Waals surface area contributed by atoms with E-state index in [1.807, 2.05) is 71.9 Å². The van der Waals surface area contributed by atoms with Crippen LogP contribution in [0.15, 0.2) is 30.3 Å². The lowest BCUT2D eigenvalue weighted by molar-refractivity contribution is 0.0108. The van der Waals surface area contributed by atoms with Crippen molar-refractivity contribution in [2.75, 3.05) is 53.6 Å². The number of ether oxygens (including phenoxy) is 5. The number of alkyl carbamates (subject to hydrolysis) is 1. The normalized spacial score (nSPS) is 19.4. The highest BCUT2D eigenvalue weighted by Crippen LogP contribution is 2.23. The molecule has 2 aliphatic rings. The van der Waals surface area contributed by atoms with Crippen LogP contribution in [0.2, 0.25) is 0 Å². The number of nitrogens with zero attached hydrogens (tertiary/aromatic N) is 2. The zero-order valence-electron chi connectivity index (χ0n) is 30.6. The van der Waals surface area contributed by atoms with Crippen LogP contribution in [0.5, 0.6) is 0 Å². The molecule has 12 heteroatoms. The number of likely N-dealkylation sites (N-methyl/N-ethyl adjacent to an activating group) is 2. The Kier molecular flexibility index (Phi) is 17.5. The van der Waals surface area contributed by atoms with Crippen molar-refractivity contribution in [1.29, 1.82) is 0 Å². The molecule has 3 N–H and O–H groups in total. The summed E-state index contributed by atoms with van der Waals surface area (Å²) >= 11 is 0. The van der Waals surface area contributed by atoms with Crippen molar-refractivity contribution in [3.05, 3.63) is 35.9 Å². The summed E-state index contributed by atoms with van der Waals surface area (Å²) in [4.78, 5) is 39.9. The second kappa shape index (κ2) is 20.4. The zero-order chi connectivity index (χ0) is 35.7. The number of carbonyl (C=O) groups is 3. The first-order valence-electron chi connectivity index (χ1n) is 17.3. The van der Waals surface area contributed by atoms with Gasteiger partial charge in [-0.1, -0.05) is 30.3 Å². The average Bonchev–Trinajstić information content (AvgIpc) is 3.04. The molecule has 1 aromatic carbocycles. The Labute approximate surface area is 288 Å².